The third kappa shape index (κ3) is 1.31. The van der Waals surface area contributed by atoms with E-state index in [4.69, 9.17) is 5.73 Å². The summed E-state index contributed by atoms with van der Waals surface area (Å²) in [4.78, 5) is 0.827. The topological polar surface area (TPSA) is 69.1 Å². The van der Waals surface area contributed by atoms with Crippen molar-refractivity contribution in [3.63, 3.8) is 0 Å². The van der Waals surface area contributed by atoms with Crippen LogP contribution in [0.4, 0.5) is 0 Å². The summed E-state index contributed by atoms with van der Waals surface area (Å²) in [7, 11) is 0. The van der Waals surface area contributed by atoms with E-state index in [0.717, 1.165) is 16.4 Å². The van der Waals surface area contributed by atoms with E-state index in [2.05, 4.69) is 29.1 Å². The third-order valence-electron chi connectivity index (χ3n) is 2.63. The summed E-state index contributed by atoms with van der Waals surface area (Å²) < 4.78 is 1.70. The lowest BCUT2D eigenvalue weighted by Gasteiger charge is -2.22. The molecular formula is C8H13N5S. The second kappa shape index (κ2) is 3.29. The first-order valence-electron chi connectivity index (χ1n) is 4.57. The lowest BCUT2D eigenvalue weighted by molar-refractivity contribution is 0.459. The van der Waals surface area contributed by atoms with Crippen LogP contribution in [0, 0.1) is 0 Å². The molecule has 2 aromatic rings. The average Bonchev–Trinajstić information content (AvgIpc) is 2.76. The highest BCUT2D eigenvalue weighted by atomic mass is 32.1. The van der Waals surface area contributed by atoms with Gasteiger partial charge in [-0.15, -0.1) is 10.2 Å². The first-order valence-corrected chi connectivity index (χ1v) is 5.38. The number of fused-ring (bicyclic) bond motifs is 1. The zero-order valence-electron chi connectivity index (χ0n) is 8.27. The molecule has 0 fully saturated rings. The molecule has 1 atom stereocenters. The summed E-state index contributed by atoms with van der Waals surface area (Å²) in [5.41, 5.74) is 5.73. The molecule has 2 heterocycles. The van der Waals surface area contributed by atoms with Crippen molar-refractivity contribution in [1.82, 2.24) is 19.8 Å². The lowest BCUT2D eigenvalue weighted by Crippen LogP contribution is -2.31. The lowest BCUT2D eigenvalue weighted by atomic mass is 9.89. The SMILES string of the molecule is CCC(C)(CN)c1nn2cnnc2s1. The molecule has 0 spiro atoms. The Morgan fingerprint density at radius 3 is 3.00 bits per heavy atom. The van der Waals surface area contributed by atoms with Crippen LogP contribution in [0.2, 0.25) is 0 Å². The molecule has 0 amide bonds. The van der Waals surface area contributed by atoms with Gasteiger partial charge >= 0.3 is 0 Å². The molecule has 2 aromatic heterocycles. The first kappa shape index (κ1) is 9.54. The predicted octanol–water partition coefficient (Wildman–Crippen LogP) is 0.812. The maximum absolute atomic E-state index is 5.76. The van der Waals surface area contributed by atoms with Gasteiger partial charge < -0.3 is 5.73 Å². The normalized spacial score (nSPS) is 15.9. The Hall–Kier alpha value is -1.01. The molecule has 6 heteroatoms. The van der Waals surface area contributed by atoms with E-state index in [1.807, 2.05) is 0 Å². The van der Waals surface area contributed by atoms with Crippen LogP contribution >= 0.6 is 11.3 Å². The Labute approximate surface area is 86.0 Å². The maximum atomic E-state index is 5.76. The van der Waals surface area contributed by atoms with Crippen LogP contribution < -0.4 is 5.73 Å². The number of nitrogens with zero attached hydrogens (tertiary/aromatic N) is 4. The minimum Gasteiger partial charge on any atom is -0.330 e. The van der Waals surface area contributed by atoms with E-state index in [-0.39, 0.29) is 5.41 Å². The molecule has 0 saturated carbocycles. The number of hydrogen-bond acceptors (Lipinski definition) is 5. The van der Waals surface area contributed by atoms with Gasteiger partial charge in [-0.3, -0.25) is 0 Å². The summed E-state index contributed by atoms with van der Waals surface area (Å²) in [5.74, 6) is 0. The van der Waals surface area contributed by atoms with Crippen LogP contribution in [0.5, 0.6) is 0 Å². The summed E-state index contributed by atoms with van der Waals surface area (Å²) >= 11 is 1.56. The molecule has 0 aromatic carbocycles. The molecule has 2 rings (SSSR count). The van der Waals surface area contributed by atoms with Gasteiger partial charge in [0.05, 0.1) is 0 Å². The molecular weight excluding hydrogens is 198 g/mol. The fraction of sp³-hybridized carbons (Fsp3) is 0.625. The fourth-order valence-electron chi connectivity index (χ4n) is 1.19. The molecule has 0 bridgehead atoms. The third-order valence-corrected chi connectivity index (χ3v) is 3.85. The van der Waals surface area contributed by atoms with Gasteiger partial charge in [0.1, 0.15) is 11.3 Å². The number of nitrogens with two attached hydrogens (primary N) is 1. The van der Waals surface area contributed by atoms with Crippen molar-refractivity contribution < 1.29 is 0 Å². The van der Waals surface area contributed by atoms with Gasteiger partial charge in [-0.25, -0.2) is 0 Å². The molecule has 0 aliphatic carbocycles. The van der Waals surface area contributed by atoms with Crippen LogP contribution in [-0.2, 0) is 5.41 Å². The molecule has 0 saturated heterocycles. The Morgan fingerprint density at radius 2 is 2.43 bits per heavy atom. The highest BCUT2D eigenvalue weighted by molar-refractivity contribution is 7.16. The van der Waals surface area contributed by atoms with E-state index >= 15 is 0 Å². The van der Waals surface area contributed by atoms with Crippen LogP contribution in [0.1, 0.15) is 25.3 Å². The predicted molar refractivity (Wildman–Crippen MR) is 55.4 cm³/mol. The summed E-state index contributed by atoms with van der Waals surface area (Å²) in [6, 6.07) is 0. The zero-order valence-corrected chi connectivity index (χ0v) is 9.08. The van der Waals surface area contributed by atoms with Crippen LogP contribution in [0.15, 0.2) is 6.33 Å². The van der Waals surface area contributed by atoms with E-state index in [0.29, 0.717) is 6.54 Å². The molecule has 76 valence electrons. The average molecular weight is 211 g/mol. The van der Waals surface area contributed by atoms with Crippen molar-refractivity contribution in [2.24, 2.45) is 5.73 Å². The fourth-order valence-corrected chi connectivity index (χ4v) is 2.23. The summed E-state index contributed by atoms with van der Waals surface area (Å²) in [6.07, 6.45) is 2.59. The van der Waals surface area contributed by atoms with Crippen molar-refractivity contribution in [3.8, 4) is 0 Å². The molecule has 1 unspecified atom stereocenters. The number of rotatable bonds is 3. The van der Waals surface area contributed by atoms with Gasteiger partial charge in [0.15, 0.2) is 0 Å². The molecule has 5 nitrogen and oxygen atoms in total. The van der Waals surface area contributed by atoms with Gasteiger partial charge in [-0.05, 0) is 6.42 Å². The van der Waals surface area contributed by atoms with E-state index < -0.39 is 0 Å². The van der Waals surface area contributed by atoms with Crippen molar-refractivity contribution in [2.45, 2.75) is 25.7 Å². The molecule has 0 radical (unpaired) electrons. The monoisotopic (exact) mass is 211 g/mol. The Balaban J connectivity index is 2.47. The van der Waals surface area contributed by atoms with E-state index in [1.54, 1.807) is 22.2 Å². The second-order valence-corrected chi connectivity index (χ2v) is 4.54. The van der Waals surface area contributed by atoms with Crippen LogP contribution in [0.3, 0.4) is 0 Å². The van der Waals surface area contributed by atoms with Crippen LogP contribution in [-0.4, -0.2) is 26.4 Å². The van der Waals surface area contributed by atoms with Gasteiger partial charge in [-0.2, -0.15) is 9.61 Å². The summed E-state index contributed by atoms with van der Waals surface area (Å²) in [5, 5.41) is 13.2. The summed E-state index contributed by atoms with van der Waals surface area (Å²) in [6.45, 7) is 4.85. The molecule has 2 N–H and O–H groups in total. The van der Waals surface area contributed by atoms with Crippen LogP contribution in [0.25, 0.3) is 4.96 Å². The number of hydrogen-bond donors (Lipinski definition) is 1. The maximum Gasteiger partial charge on any atom is 0.234 e. The molecule has 0 aliphatic heterocycles. The Morgan fingerprint density at radius 1 is 1.64 bits per heavy atom. The minimum atomic E-state index is -0.0363. The van der Waals surface area contributed by atoms with E-state index in [9.17, 15) is 0 Å². The second-order valence-electron chi connectivity index (χ2n) is 3.58. The van der Waals surface area contributed by atoms with Gasteiger partial charge in [-0.1, -0.05) is 25.2 Å². The highest BCUT2D eigenvalue weighted by Gasteiger charge is 2.27. The Kier molecular flexibility index (Phi) is 2.24. The van der Waals surface area contributed by atoms with Crippen molar-refractivity contribution >= 4 is 16.3 Å². The number of aromatic nitrogens is 4. The molecule has 14 heavy (non-hydrogen) atoms. The smallest absolute Gasteiger partial charge is 0.234 e. The molecule has 0 aliphatic rings. The van der Waals surface area contributed by atoms with Gasteiger partial charge in [0.25, 0.3) is 0 Å². The first-order chi connectivity index (χ1) is 6.69. The van der Waals surface area contributed by atoms with Gasteiger partial charge in [0.2, 0.25) is 4.96 Å². The van der Waals surface area contributed by atoms with Crippen molar-refractivity contribution in [2.75, 3.05) is 6.54 Å². The quantitative estimate of drug-likeness (QED) is 0.815. The minimum absolute atomic E-state index is 0.0363. The van der Waals surface area contributed by atoms with E-state index in [1.165, 1.54) is 0 Å². The zero-order chi connectivity index (χ0) is 10.2. The highest BCUT2D eigenvalue weighted by Crippen LogP contribution is 2.29. The van der Waals surface area contributed by atoms with Gasteiger partial charge in [0, 0.05) is 12.0 Å². The largest absolute Gasteiger partial charge is 0.330 e. The van der Waals surface area contributed by atoms with Crippen molar-refractivity contribution in [3.05, 3.63) is 11.3 Å². The van der Waals surface area contributed by atoms with Crippen molar-refractivity contribution in [1.29, 1.82) is 0 Å². The Bertz CT molecular complexity index is 399. The standard InChI is InChI=1S/C8H13N5S/c1-3-8(2,4-9)6-12-13-5-10-11-7(13)14-6/h5H,3-4,9H2,1-2H3.